The van der Waals surface area contributed by atoms with Gasteiger partial charge >= 0.3 is 0 Å². The van der Waals surface area contributed by atoms with Crippen LogP contribution in [0.4, 0.5) is 4.39 Å². The first kappa shape index (κ1) is 14.5. The number of carbonyl (C=O) groups is 1. The van der Waals surface area contributed by atoms with Gasteiger partial charge in [-0.2, -0.15) is 11.8 Å². The molecule has 0 bridgehead atoms. The summed E-state index contributed by atoms with van der Waals surface area (Å²) in [5.74, 6) is 0.932. The van der Waals surface area contributed by atoms with Crippen LogP contribution >= 0.6 is 11.8 Å². The zero-order valence-electron chi connectivity index (χ0n) is 11.4. The maximum Gasteiger partial charge on any atom is 0.164 e. The van der Waals surface area contributed by atoms with Gasteiger partial charge in [0.25, 0.3) is 0 Å². The maximum atomic E-state index is 12.8. The number of ketones is 1. The lowest BCUT2D eigenvalue weighted by Gasteiger charge is -2.37. The Morgan fingerprint density at radius 1 is 1.37 bits per heavy atom. The molecule has 2 nitrogen and oxygen atoms in total. The van der Waals surface area contributed by atoms with Crippen LogP contribution in [0.1, 0.15) is 30.6 Å². The fraction of sp³-hybridized carbons (Fsp3) is 0.533. The molecular formula is C15H20FNOS. The SMILES string of the molecule is CC1SCCN(CCC(=O)c2ccc(F)cc2)C1C. The van der Waals surface area contributed by atoms with Gasteiger partial charge in [-0.25, -0.2) is 4.39 Å². The maximum absolute atomic E-state index is 12.8. The van der Waals surface area contributed by atoms with Crippen molar-refractivity contribution in [3.05, 3.63) is 35.6 Å². The Morgan fingerprint density at radius 3 is 2.74 bits per heavy atom. The van der Waals surface area contributed by atoms with Gasteiger partial charge in [0, 0.05) is 42.1 Å². The molecule has 0 aromatic heterocycles. The van der Waals surface area contributed by atoms with Crippen LogP contribution in [0.2, 0.25) is 0 Å². The van der Waals surface area contributed by atoms with Gasteiger partial charge < -0.3 is 0 Å². The number of thioether (sulfide) groups is 1. The van der Waals surface area contributed by atoms with E-state index >= 15 is 0 Å². The van der Waals surface area contributed by atoms with Gasteiger partial charge in [0.2, 0.25) is 0 Å². The van der Waals surface area contributed by atoms with Crippen molar-refractivity contribution >= 4 is 17.5 Å². The molecule has 2 rings (SSSR count). The van der Waals surface area contributed by atoms with Gasteiger partial charge in [-0.05, 0) is 31.2 Å². The predicted molar refractivity (Wildman–Crippen MR) is 78.3 cm³/mol. The van der Waals surface area contributed by atoms with E-state index in [0.29, 0.717) is 23.3 Å². The highest BCUT2D eigenvalue weighted by Gasteiger charge is 2.25. The van der Waals surface area contributed by atoms with Crippen molar-refractivity contribution in [1.82, 2.24) is 4.90 Å². The zero-order chi connectivity index (χ0) is 13.8. The largest absolute Gasteiger partial charge is 0.298 e. The summed E-state index contributed by atoms with van der Waals surface area (Å²) >= 11 is 1.99. The van der Waals surface area contributed by atoms with Crippen molar-refractivity contribution in [3.63, 3.8) is 0 Å². The number of rotatable bonds is 4. The quantitative estimate of drug-likeness (QED) is 0.790. The van der Waals surface area contributed by atoms with E-state index in [4.69, 9.17) is 0 Å². The fourth-order valence-electron chi connectivity index (χ4n) is 2.34. The number of nitrogens with zero attached hydrogens (tertiary/aromatic N) is 1. The van der Waals surface area contributed by atoms with E-state index < -0.39 is 0 Å². The molecule has 2 unspecified atom stereocenters. The van der Waals surface area contributed by atoms with Crippen molar-refractivity contribution in [2.45, 2.75) is 31.6 Å². The van der Waals surface area contributed by atoms with Crippen LogP contribution in [-0.4, -0.2) is 40.8 Å². The monoisotopic (exact) mass is 281 g/mol. The van der Waals surface area contributed by atoms with Crippen LogP contribution in [0.3, 0.4) is 0 Å². The third-order valence-corrected chi connectivity index (χ3v) is 5.14. The third-order valence-electron chi connectivity index (χ3n) is 3.81. The minimum absolute atomic E-state index is 0.0954. The molecular weight excluding hydrogens is 261 g/mol. The minimum Gasteiger partial charge on any atom is -0.298 e. The molecule has 1 saturated heterocycles. The van der Waals surface area contributed by atoms with E-state index in [9.17, 15) is 9.18 Å². The molecule has 1 aromatic rings. The molecule has 2 atom stereocenters. The van der Waals surface area contributed by atoms with Crippen molar-refractivity contribution in [3.8, 4) is 0 Å². The summed E-state index contributed by atoms with van der Waals surface area (Å²) in [6.07, 6.45) is 0.507. The van der Waals surface area contributed by atoms with E-state index in [-0.39, 0.29) is 11.6 Å². The summed E-state index contributed by atoms with van der Waals surface area (Å²) in [5.41, 5.74) is 0.605. The molecule has 0 spiro atoms. The first-order chi connectivity index (χ1) is 9.08. The second kappa shape index (κ2) is 6.53. The molecule has 1 fully saturated rings. The molecule has 0 amide bonds. The summed E-state index contributed by atoms with van der Waals surface area (Å²) in [6, 6.07) is 6.33. The highest BCUT2D eigenvalue weighted by atomic mass is 32.2. The Balaban J connectivity index is 1.88. The summed E-state index contributed by atoms with van der Waals surface area (Å²) < 4.78 is 12.8. The number of halogens is 1. The molecule has 0 saturated carbocycles. The van der Waals surface area contributed by atoms with E-state index in [1.807, 2.05) is 11.8 Å². The van der Waals surface area contributed by atoms with Gasteiger partial charge in [0.15, 0.2) is 5.78 Å². The first-order valence-corrected chi connectivity index (χ1v) is 7.77. The molecule has 104 valence electrons. The highest BCUT2D eigenvalue weighted by molar-refractivity contribution is 8.00. The van der Waals surface area contributed by atoms with Crippen LogP contribution in [-0.2, 0) is 0 Å². The normalized spacial score (nSPS) is 24.4. The average Bonchev–Trinajstić information content (AvgIpc) is 2.41. The lowest BCUT2D eigenvalue weighted by molar-refractivity contribution is 0.0954. The van der Waals surface area contributed by atoms with Crippen molar-refractivity contribution in [1.29, 1.82) is 0 Å². The van der Waals surface area contributed by atoms with Gasteiger partial charge in [0.1, 0.15) is 5.82 Å². The van der Waals surface area contributed by atoms with Crippen molar-refractivity contribution in [2.75, 3.05) is 18.8 Å². The summed E-state index contributed by atoms with van der Waals surface area (Å²) in [5, 5.41) is 0.620. The van der Waals surface area contributed by atoms with E-state index in [1.54, 1.807) is 12.1 Å². The van der Waals surface area contributed by atoms with Crippen molar-refractivity contribution < 1.29 is 9.18 Å². The Kier molecular flexibility index (Phi) is 4.99. The minimum atomic E-state index is -0.299. The van der Waals surface area contributed by atoms with Crippen molar-refractivity contribution in [2.24, 2.45) is 0 Å². The first-order valence-electron chi connectivity index (χ1n) is 6.72. The highest BCUT2D eigenvalue weighted by Crippen LogP contribution is 2.24. The van der Waals surface area contributed by atoms with Crippen LogP contribution in [0.25, 0.3) is 0 Å². The molecule has 0 N–H and O–H groups in total. The molecule has 0 radical (unpaired) electrons. The van der Waals surface area contributed by atoms with E-state index in [2.05, 4.69) is 18.7 Å². The number of hydrogen-bond acceptors (Lipinski definition) is 3. The lowest BCUT2D eigenvalue weighted by atomic mass is 10.1. The number of Topliss-reactive ketones (excluding diaryl/α,β-unsaturated/α-hetero) is 1. The van der Waals surface area contributed by atoms with E-state index in [1.165, 1.54) is 12.1 Å². The molecule has 1 aliphatic rings. The Morgan fingerprint density at radius 2 is 2.05 bits per heavy atom. The van der Waals surface area contributed by atoms with Gasteiger partial charge in [-0.15, -0.1) is 0 Å². The molecule has 1 aromatic carbocycles. The number of hydrogen-bond donors (Lipinski definition) is 0. The van der Waals surface area contributed by atoms with Gasteiger partial charge in [-0.3, -0.25) is 9.69 Å². The van der Waals surface area contributed by atoms with E-state index in [0.717, 1.165) is 18.8 Å². The second-order valence-electron chi connectivity index (χ2n) is 5.03. The van der Waals surface area contributed by atoms with Crippen LogP contribution in [0.5, 0.6) is 0 Å². The summed E-state index contributed by atoms with van der Waals surface area (Å²) in [4.78, 5) is 14.4. The molecule has 4 heteroatoms. The smallest absolute Gasteiger partial charge is 0.164 e. The molecule has 1 heterocycles. The average molecular weight is 281 g/mol. The lowest BCUT2D eigenvalue weighted by Crippen LogP contribution is -2.45. The third kappa shape index (κ3) is 3.80. The summed E-state index contributed by atoms with van der Waals surface area (Å²) in [7, 11) is 0. The number of benzene rings is 1. The van der Waals surface area contributed by atoms with Crippen LogP contribution in [0, 0.1) is 5.82 Å². The zero-order valence-corrected chi connectivity index (χ0v) is 12.3. The van der Waals surface area contributed by atoms with Crippen LogP contribution in [0.15, 0.2) is 24.3 Å². The molecule has 0 aliphatic carbocycles. The topological polar surface area (TPSA) is 20.3 Å². The summed E-state index contributed by atoms with van der Waals surface area (Å²) in [6.45, 7) is 6.30. The van der Waals surface area contributed by atoms with Gasteiger partial charge in [0.05, 0.1) is 0 Å². The van der Waals surface area contributed by atoms with Crippen LogP contribution < -0.4 is 0 Å². The fourth-order valence-corrected chi connectivity index (χ4v) is 3.50. The standard InChI is InChI=1S/C15H20FNOS/c1-11-12(2)19-10-9-17(11)8-7-15(18)13-3-5-14(16)6-4-13/h3-6,11-12H,7-10H2,1-2H3. The Hall–Kier alpha value is -0.870. The Labute approximate surface area is 118 Å². The second-order valence-corrected chi connectivity index (χ2v) is 6.52. The Bertz CT molecular complexity index is 434. The van der Waals surface area contributed by atoms with Gasteiger partial charge in [-0.1, -0.05) is 6.92 Å². The predicted octanol–water partition coefficient (Wildman–Crippen LogP) is 3.22. The number of carbonyl (C=O) groups excluding carboxylic acids is 1. The molecule has 1 aliphatic heterocycles. The molecule has 19 heavy (non-hydrogen) atoms.